The van der Waals surface area contributed by atoms with Gasteiger partial charge in [0.1, 0.15) is 24.4 Å². The van der Waals surface area contributed by atoms with Crippen molar-refractivity contribution in [1.82, 2.24) is 5.32 Å². The van der Waals surface area contributed by atoms with E-state index in [2.05, 4.69) is 5.32 Å². The van der Waals surface area contributed by atoms with Gasteiger partial charge in [0.2, 0.25) is 11.7 Å². The van der Waals surface area contributed by atoms with E-state index in [1.165, 1.54) is 14.0 Å². The molecule has 0 unspecified atom stereocenters. The first-order valence-electron chi connectivity index (χ1n) is 13.1. The van der Waals surface area contributed by atoms with Crippen molar-refractivity contribution in [2.45, 2.75) is 56.9 Å². The van der Waals surface area contributed by atoms with Crippen molar-refractivity contribution in [2.24, 2.45) is 0 Å². The molecule has 0 spiro atoms. The van der Waals surface area contributed by atoms with E-state index in [-0.39, 0.29) is 19.1 Å². The van der Waals surface area contributed by atoms with Crippen LogP contribution in [0.2, 0.25) is 0 Å². The van der Waals surface area contributed by atoms with Gasteiger partial charge in [-0.3, -0.25) is 4.79 Å². The maximum atomic E-state index is 12.3. The highest BCUT2D eigenvalue weighted by molar-refractivity contribution is 5.73. The van der Waals surface area contributed by atoms with Crippen LogP contribution in [-0.4, -0.2) is 61.5 Å². The van der Waals surface area contributed by atoms with Gasteiger partial charge in [-0.1, -0.05) is 91.0 Å². The predicted octanol–water partition coefficient (Wildman–Crippen LogP) is 3.61. The summed E-state index contributed by atoms with van der Waals surface area (Å²) >= 11 is 0. The SMILES string of the molecule is CO[C@@]1(CO)O[C@H](COCc2ccccc2)[C@@H](OCc2ccccc2)[C@H](OCc2ccccc2)[C@H]1NC(C)=O. The Balaban J connectivity index is 1.63. The lowest BCUT2D eigenvalue weighted by atomic mass is 9.89. The quantitative estimate of drug-likeness (QED) is 0.345. The number of carbonyl (C=O) groups is 1. The Hall–Kier alpha value is -3.11. The smallest absolute Gasteiger partial charge is 0.217 e. The number of ether oxygens (including phenoxy) is 5. The Bertz CT molecular complexity index is 1130. The number of methoxy groups -OCH3 is 1. The maximum Gasteiger partial charge on any atom is 0.217 e. The maximum absolute atomic E-state index is 12.3. The fourth-order valence-corrected chi connectivity index (χ4v) is 4.76. The summed E-state index contributed by atoms with van der Waals surface area (Å²) in [6.45, 7) is 1.96. The second-order valence-electron chi connectivity index (χ2n) is 9.53. The molecule has 208 valence electrons. The molecule has 1 amide bonds. The molecule has 0 aliphatic carbocycles. The van der Waals surface area contributed by atoms with E-state index in [0.717, 1.165) is 16.7 Å². The average Bonchev–Trinajstić information content (AvgIpc) is 2.97. The van der Waals surface area contributed by atoms with E-state index < -0.39 is 36.7 Å². The van der Waals surface area contributed by atoms with Gasteiger partial charge in [0.25, 0.3) is 0 Å². The summed E-state index contributed by atoms with van der Waals surface area (Å²) in [6.07, 6.45) is -2.06. The molecular formula is C31H37NO7. The van der Waals surface area contributed by atoms with Gasteiger partial charge in [0.15, 0.2) is 0 Å². The van der Waals surface area contributed by atoms with Gasteiger partial charge < -0.3 is 34.1 Å². The molecule has 2 N–H and O–H groups in total. The second kappa shape index (κ2) is 14.3. The molecule has 5 atom stereocenters. The lowest BCUT2D eigenvalue weighted by molar-refractivity contribution is -0.349. The molecule has 39 heavy (non-hydrogen) atoms. The number of amides is 1. The molecule has 8 nitrogen and oxygen atoms in total. The molecule has 1 heterocycles. The number of rotatable bonds is 13. The summed E-state index contributed by atoms with van der Waals surface area (Å²) in [6, 6.07) is 28.5. The number of aliphatic hydroxyl groups excluding tert-OH is 1. The van der Waals surface area contributed by atoms with Crippen molar-refractivity contribution in [3.05, 3.63) is 108 Å². The van der Waals surface area contributed by atoms with E-state index in [1.807, 2.05) is 91.0 Å². The third-order valence-corrected chi connectivity index (χ3v) is 6.73. The van der Waals surface area contributed by atoms with Crippen LogP contribution in [0.15, 0.2) is 91.0 Å². The van der Waals surface area contributed by atoms with Crippen molar-refractivity contribution < 1.29 is 33.6 Å². The predicted molar refractivity (Wildman–Crippen MR) is 145 cm³/mol. The molecule has 1 fully saturated rings. The Labute approximate surface area is 229 Å². The molecule has 3 aromatic rings. The fourth-order valence-electron chi connectivity index (χ4n) is 4.76. The Morgan fingerprint density at radius 2 is 1.31 bits per heavy atom. The van der Waals surface area contributed by atoms with E-state index >= 15 is 0 Å². The van der Waals surface area contributed by atoms with Gasteiger partial charge in [-0.2, -0.15) is 0 Å². The molecular weight excluding hydrogens is 498 g/mol. The summed E-state index contributed by atoms with van der Waals surface area (Å²) in [5.74, 6) is -1.88. The van der Waals surface area contributed by atoms with Gasteiger partial charge in [-0.15, -0.1) is 0 Å². The highest BCUT2D eigenvalue weighted by Crippen LogP contribution is 2.35. The monoisotopic (exact) mass is 535 g/mol. The van der Waals surface area contributed by atoms with Crippen molar-refractivity contribution in [2.75, 3.05) is 20.3 Å². The minimum Gasteiger partial charge on any atom is -0.391 e. The van der Waals surface area contributed by atoms with Crippen molar-refractivity contribution in [1.29, 1.82) is 0 Å². The third kappa shape index (κ3) is 7.73. The topological polar surface area (TPSA) is 95.5 Å². The van der Waals surface area contributed by atoms with Gasteiger partial charge in [-0.25, -0.2) is 0 Å². The standard InChI is InChI=1S/C31H37NO7/c1-23(34)32-30-29(38-20-26-16-10-5-11-17-26)28(37-19-25-14-8-4-9-15-25)27(39-31(30,22-33)35-2)21-36-18-24-12-6-3-7-13-24/h3-17,27-30,33H,18-22H2,1-2H3,(H,32,34)/t27-,28-,29+,30-,31+/m1/s1. The molecule has 1 aliphatic heterocycles. The summed E-state index contributed by atoms with van der Waals surface area (Å²) in [5, 5.41) is 13.4. The molecule has 4 rings (SSSR count). The van der Waals surface area contributed by atoms with Crippen LogP contribution in [0.4, 0.5) is 0 Å². The van der Waals surface area contributed by atoms with Crippen LogP contribution in [0, 0.1) is 0 Å². The van der Waals surface area contributed by atoms with Crippen molar-refractivity contribution >= 4 is 5.91 Å². The number of nitrogens with one attached hydrogen (secondary N) is 1. The zero-order valence-electron chi connectivity index (χ0n) is 22.4. The summed E-state index contributed by atoms with van der Waals surface area (Å²) in [5.41, 5.74) is 2.95. The Kier molecular flexibility index (Phi) is 10.6. The largest absolute Gasteiger partial charge is 0.391 e. The first-order chi connectivity index (χ1) is 19.0. The Morgan fingerprint density at radius 3 is 1.77 bits per heavy atom. The molecule has 0 bridgehead atoms. The first-order valence-corrected chi connectivity index (χ1v) is 13.1. The minimum absolute atomic E-state index is 0.150. The lowest BCUT2D eigenvalue weighted by Gasteiger charge is -2.51. The number of hydrogen-bond donors (Lipinski definition) is 2. The average molecular weight is 536 g/mol. The van der Waals surface area contributed by atoms with Gasteiger partial charge in [0, 0.05) is 14.0 Å². The molecule has 0 aromatic heterocycles. The third-order valence-electron chi connectivity index (χ3n) is 6.73. The second-order valence-corrected chi connectivity index (χ2v) is 9.53. The number of carbonyl (C=O) groups excluding carboxylic acids is 1. The minimum atomic E-state index is -1.57. The number of hydrogen-bond acceptors (Lipinski definition) is 7. The molecule has 8 heteroatoms. The van der Waals surface area contributed by atoms with Crippen LogP contribution >= 0.6 is 0 Å². The van der Waals surface area contributed by atoms with Gasteiger partial charge >= 0.3 is 0 Å². The first kappa shape index (κ1) is 28.9. The van der Waals surface area contributed by atoms with Crippen LogP contribution in [-0.2, 0) is 48.3 Å². The number of benzene rings is 3. The summed E-state index contributed by atoms with van der Waals surface area (Å²) in [7, 11) is 1.44. The van der Waals surface area contributed by atoms with Crippen LogP contribution in [0.1, 0.15) is 23.6 Å². The van der Waals surface area contributed by atoms with Gasteiger partial charge in [-0.05, 0) is 16.7 Å². The molecule has 1 aliphatic rings. The zero-order chi connectivity index (χ0) is 27.5. The normalized spacial score (nSPS) is 24.8. The van der Waals surface area contributed by atoms with Gasteiger partial charge in [0.05, 0.1) is 33.0 Å². The highest BCUT2D eigenvalue weighted by Gasteiger charge is 2.57. The number of aliphatic hydroxyl groups is 1. The molecule has 0 radical (unpaired) electrons. The fraction of sp³-hybridized carbons (Fsp3) is 0.387. The zero-order valence-corrected chi connectivity index (χ0v) is 22.4. The van der Waals surface area contributed by atoms with E-state index in [0.29, 0.717) is 13.2 Å². The van der Waals surface area contributed by atoms with E-state index in [1.54, 1.807) is 0 Å². The molecule has 1 saturated heterocycles. The van der Waals surface area contributed by atoms with Crippen LogP contribution in [0.5, 0.6) is 0 Å². The highest BCUT2D eigenvalue weighted by atomic mass is 16.7. The van der Waals surface area contributed by atoms with Crippen LogP contribution in [0.3, 0.4) is 0 Å². The molecule has 3 aromatic carbocycles. The van der Waals surface area contributed by atoms with E-state index in [9.17, 15) is 9.90 Å². The van der Waals surface area contributed by atoms with Crippen LogP contribution < -0.4 is 5.32 Å². The van der Waals surface area contributed by atoms with Crippen molar-refractivity contribution in [3.8, 4) is 0 Å². The Morgan fingerprint density at radius 1 is 0.821 bits per heavy atom. The van der Waals surface area contributed by atoms with Crippen molar-refractivity contribution in [3.63, 3.8) is 0 Å². The lowest BCUT2D eigenvalue weighted by Crippen LogP contribution is -2.72. The molecule has 0 saturated carbocycles. The van der Waals surface area contributed by atoms with E-state index in [4.69, 9.17) is 23.7 Å². The van der Waals surface area contributed by atoms with Crippen LogP contribution in [0.25, 0.3) is 0 Å². The summed E-state index contributed by atoms with van der Waals surface area (Å²) < 4.78 is 31.1. The summed E-state index contributed by atoms with van der Waals surface area (Å²) in [4.78, 5) is 12.3.